The van der Waals surface area contributed by atoms with Gasteiger partial charge < -0.3 is 25.2 Å². The third-order valence-corrected chi connectivity index (χ3v) is 6.37. The number of imidazole rings is 1. The minimum atomic E-state index is -0.289. The molecule has 1 fully saturated rings. The van der Waals surface area contributed by atoms with Crippen LogP contribution in [0.2, 0.25) is 0 Å². The SMILES string of the molecule is O=C(/C=C1\Nc2cc(N3CCCC(O)C3)ccc2C2=NCCN21)c1ccc2nc[nH]c2c1. The Morgan fingerprint density at radius 3 is 3.03 bits per heavy atom. The molecule has 0 saturated carbocycles. The van der Waals surface area contributed by atoms with Gasteiger partial charge in [0.1, 0.15) is 11.7 Å². The maximum Gasteiger partial charge on any atom is 0.189 e. The molecule has 32 heavy (non-hydrogen) atoms. The zero-order valence-electron chi connectivity index (χ0n) is 17.6. The van der Waals surface area contributed by atoms with Crippen LogP contribution in [0, 0.1) is 0 Å². The second-order valence-corrected chi connectivity index (χ2v) is 8.48. The molecule has 8 heteroatoms. The number of β-amino-alcohol motifs (C(OH)–C–C–N with tert-alkyl or cyclic N) is 1. The number of carbonyl (C=O) groups excluding carboxylic acids is 1. The van der Waals surface area contributed by atoms with Crippen LogP contribution in [0.15, 0.2) is 59.6 Å². The van der Waals surface area contributed by atoms with Crippen LogP contribution in [0.4, 0.5) is 11.4 Å². The van der Waals surface area contributed by atoms with Crippen molar-refractivity contribution in [2.45, 2.75) is 18.9 Å². The summed E-state index contributed by atoms with van der Waals surface area (Å²) in [5.74, 6) is 1.56. The van der Waals surface area contributed by atoms with Crippen LogP contribution >= 0.6 is 0 Å². The normalized spacial score (nSPS) is 21.3. The summed E-state index contributed by atoms with van der Waals surface area (Å²) in [7, 11) is 0. The fourth-order valence-electron chi connectivity index (χ4n) is 4.74. The second kappa shape index (κ2) is 7.49. The topological polar surface area (TPSA) is 96.8 Å². The summed E-state index contributed by atoms with van der Waals surface area (Å²) in [4.78, 5) is 29.3. The number of allylic oxidation sites excluding steroid dienone is 1. The summed E-state index contributed by atoms with van der Waals surface area (Å²) in [6.45, 7) is 3.01. The highest BCUT2D eigenvalue weighted by atomic mass is 16.3. The Labute approximate surface area is 185 Å². The molecule has 1 atom stereocenters. The molecule has 3 N–H and O–H groups in total. The first-order chi connectivity index (χ1) is 15.7. The number of nitrogens with zero attached hydrogens (tertiary/aromatic N) is 4. The van der Waals surface area contributed by atoms with E-state index in [4.69, 9.17) is 4.99 Å². The van der Waals surface area contributed by atoms with Gasteiger partial charge in [-0.3, -0.25) is 9.79 Å². The number of benzene rings is 2. The first-order valence-electron chi connectivity index (χ1n) is 11.0. The molecule has 6 rings (SSSR count). The van der Waals surface area contributed by atoms with E-state index in [9.17, 15) is 9.90 Å². The number of piperidine rings is 1. The van der Waals surface area contributed by atoms with Crippen molar-refractivity contribution in [1.29, 1.82) is 0 Å². The Kier molecular flexibility index (Phi) is 4.46. The molecule has 4 heterocycles. The number of aliphatic hydroxyl groups is 1. The second-order valence-electron chi connectivity index (χ2n) is 8.48. The van der Waals surface area contributed by atoms with Crippen molar-refractivity contribution in [2.75, 3.05) is 36.4 Å². The summed E-state index contributed by atoms with van der Waals surface area (Å²) >= 11 is 0. The Balaban J connectivity index is 1.34. The van der Waals surface area contributed by atoms with Gasteiger partial charge in [0.05, 0.1) is 35.7 Å². The third kappa shape index (κ3) is 3.23. The average Bonchev–Trinajstić information content (AvgIpc) is 3.48. The molecule has 0 amide bonds. The lowest BCUT2D eigenvalue weighted by Crippen LogP contribution is -2.39. The Hall–Kier alpha value is -3.65. The van der Waals surface area contributed by atoms with Gasteiger partial charge >= 0.3 is 0 Å². The fraction of sp³-hybridized carbons (Fsp3) is 0.292. The molecular weight excluding hydrogens is 404 g/mol. The number of rotatable bonds is 3. The van der Waals surface area contributed by atoms with E-state index in [-0.39, 0.29) is 11.9 Å². The highest BCUT2D eigenvalue weighted by Gasteiger charge is 2.30. The molecule has 2 aromatic carbocycles. The Morgan fingerprint density at radius 2 is 2.12 bits per heavy atom. The summed E-state index contributed by atoms with van der Waals surface area (Å²) in [6.07, 6.45) is 4.82. The predicted molar refractivity (Wildman–Crippen MR) is 124 cm³/mol. The molecule has 1 saturated heterocycles. The molecule has 162 valence electrons. The van der Waals surface area contributed by atoms with Crippen molar-refractivity contribution in [3.8, 4) is 0 Å². The van der Waals surface area contributed by atoms with Crippen molar-refractivity contribution >= 4 is 34.0 Å². The van der Waals surface area contributed by atoms with E-state index in [1.165, 1.54) is 0 Å². The van der Waals surface area contributed by atoms with Gasteiger partial charge in [-0.25, -0.2) is 4.98 Å². The lowest BCUT2D eigenvalue weighted by Gasteiger charge is -2.35. The number of H-pyrrole nitrogens is 1. The molecule has 3 aromatic rings. The molecule has 8 nitrogen and oxygen atoms in total. The van der Waals surface area contributed by atoms with E-state index in [1.807, 2.05) is 12.1 Å². The zero-order valence-corrected chi connectivity index (χ0v) is 17.6. The van der Waals surface area contributed by atoms with Crippen LogP contribution in [0.5, 0.6) is 0 Å². The number of ketones is 1. The van der Waals surface area contributed by atoms with E-state index >= 15 is 0 Å². The number of carbonyl (C=O) groups is 1. The summed E-state index contributed by atoms with van der Waals surface area (Å²) in [5.41, 5.74) is 5.32. The number of aromatic amines is 1. The van der Waals surface area contributed by atoms with Gasteiger partial charge in [-0.2, -0.15) is 0 Å². The number of aromatic nitrogens is 2. The van der Waals surface area contributed by atoms with Crippen molar-refractivity contribution in [2.24, 2.45) is 4.99 Å². The minimum absolute atomic E-state index is 0.0750. The van der Waals surface area contributed by atoms with Crippen LogP contribution < -0.4 is 10.2 Å². The van der Waals surface area contributed by atoms with E-state index in [0.29, 0.717) is 18.7 Å². The molecule has 0 aliphatic carbocycles. The van der Waals surface area contributed by atoms with E-state index < -0.39 is 0 Å². The number of nitrogens with one attached hydrogen (secondary N) is 2. The first kappa shape index (κ1) is 19.1. The largest absolute Gasteiger partial charge is 0.391 e. The molecule has 3 aliphatic heterocycles. The van der Waals surface area contributed by atoms with Crippen molar-refractivity contribution in [3.63, 3.8) is 0 Å². The molecular formula is C24H24N6O2. The van der Waals surface area contributed by atoms with Crippen LogP contribution in [0.1, 0.15) is 28.8 Å². The number of hydrogen-bond acceptors (Lipinski definition) is 7. The van der Waals surface area contributed by atoms with Gasteiger partial charge in [-0.15, -0.1) is 0 Å². The van der Waals surface area contributed by atoms with Crippen molar-refractivity contribution in [3.05, 3.63) is 65.7 Å². The molecule has 1 unspecified atom stereocenters. The van der Waals surface area contributed by atoms with Gasteiger partial charge in [-0.05, 0) is 49.2 Å². The standard InChI is InChI=1S/C24H24N6O2/c31-17-2-1-8-29(13-17)16-4-5-18-20(11-16)28-23(30-9-7-25-24(18)30)12-22(32)15-3-6-19-21(10-15)27-14-26-19/h3-6,10-12,14,17,28,31H,1-2,7-9,13H2,(H,26,27)/b23-12+. The Bertz CT molecular complexity index is 1280. The lowest BCUT2D eigenvalue weighted by atomic mass is 10.0. The molecule has 1 aromatic heterocycles. The maximum atomic E-state index is 13.1. The fourth-order valence-corrected chi connectivity index (χ4v) is 4.74. The lowest BCUT2D eigenvalue weighted by molar-refractivity contribution is 0.104. The van der Waals surface area contributed by atoms with E-state index in [2.05, 4.69) is 43.3 Å². The highest BCUT2D eigenvalue weighted by Crippen LogP contribution is 2.34. The molecule has 0 radical (unpaired) electrons. The molecule has 0 spiro atoms. The summed E-state index contributed by atoms with van der Waals surface area (Å²) in [5, 5.41) is 13.5. The monoisotopic (exact) mass is 428 g/mol. The number of anilines is 2. The summed E-state index contributed by atoms with van der Waals surface area (Å²) in [6, 6.07) is 11.8. The van der Waals surface area contributed by atoms with E-state index in [0.717, 1.165) is 65.6 Å². The van der Waals surface area contributed by atoms with Crippen LogP contribution in [0.3, 0.4) is 0 Å². The van der Waals surface area contributed by atoms with Gasteiger partial charge in [0.15, 0.2) is 5.78 Å². The molecule has 3 aliphatic rings. The van der Waals surface area contributed by atoms with Crippen molar-refractivity contribution in [1.82, 2.24) is 14.9 Å². The first-order valence-corrected chi connectivity index (χ1v) is 11.0. The number of hydrogen-bond donors (Lipinski definition) is 3. The number of aliphatic hydroxyl groups excluding tert-OH is 1. The van der Waals surface area contributed by atoms with Gasteiger partial charge in [0.2, 0.25) is 0 Å². The summed E-state index contributed by atoms with van der Waals surface area (Å²) < 4.78 is 0. The number of fused-ring (bicyclic) bond motifs is 4. The Morgan fingerprint density at radius 1 is 1.19 bits per heavy atom. The maximum absolute atomic E-state index is 13.1. The predicted octanol–water partition coefficient (Wildman–Crippen LogP) is 2.74. The number of aliphatic imine (C=N–C) groups is 1. The van der Waals surface area contributed by atoms with Gasteiger partial charge in [-0.1, -0.05) is 0 Å². The minimum Gasteiger partial charge on any atom is -0.391 e. The van der Waals surface area contributed by atoms with Crippen molar-refractivity contribution < 1.29 is 9.90 Å². The third-order valence-electron chi connectivity index (χ3n) is 6.37. The van der Waals surface area contributed by atoms with Crippen LogP contribution in [-0.2, 0) is 0 Å². The van der Waals surface area contributed by atoms with Crippen LogP contribution in [-0.4, -0.2) is 63.9 Å². The van der Waals surface area contributed by atoms with E-state index in [1.54, 1.807) is 18.5 Å². The quantitative estimate of drug-likeness (QED) is 0.439. The molecule has 0 bridgehead atoms. The highest BCUT2D eigenvalue weighted by molar-refractivity contribution is 6.11. The van der Waals surface area contributed by atoms with Gasteiger partial charge in [0.25, 0.3) is 0 Å². The zero-order chi connectivity index (χ0) is 21.7. The van der Waals surface area contributed by atoms with Gasteiger partial charge in [0, 0.05) is 42.5 Å². The number of amidine groups is 1. The van der Waals surface area contributed by atoms with Crippen LogP contribution in [0.25, 0.3) is 11.0 Å². The average molecular weight is 428 g/mol. The smallest absolute Gasteiger partial charge is 0.189 e.